The molecular weight excluding hydrogens is 294 g/mol. The first-order valence-electron chi connectivity index (χ1n) is 5.31. The molecule has 0 saturated heterocycles. The Morgan fingerprint density at radius 2 is 2.05 bits per heavy atom. The van der Waals surface area contributed by atoms with Crippen molar-refractivity contribution in [1.29, 1.82) is 0 Å². The first-order valence-corrected chi connectivity index (χ1v) is 6.57. The minimum atomic E-state index is -0.638. The molecule has 1 heterocycles. The van der Waals surface area contributed by atoms with Crippen LogP contribution in [0.5, 0.6) is 0 Å². The fourth-order valence-corrected chi connectivity index (χ4v) is 2.17. The van der Waals surface area contributed by atoms with Crippen LogP contribution < -0.4 is 5.32 Å². The van der Waals surface area contributed by atoms with Crippen LogP contribution in [0.1, 0.15) is 21.6 Å². The van der Waals surface area contributed by atoms with Gasteiger partial charge < -0.3 is 5.32 Å². The van der Waals surface area contributed by atoms with Gasteiger partial charge >= 0.3 is 0 Å². The number of carbonyl (C=O) groups is 1. The van der Waals surface area contributed by atoms with Gasteiger partial charge in [0, 0.05) is 17.5 Å². The summed E-state index contributed by atoms with van der Waals surface area (Å²) >= 11 is 6.74. The van der Waals surface area contributed by atoms with Crippen LogP contribution >= 0.6 is 22.9 Å². The van der Waals surface area contributed by atoms with Crippen LogP contribution in [0.2, 0.25) is 4.47 Å². The number of thiazole rings is 1. The number of amides is 1. The molecule has 0 aliphatic rings. The minimum absolute atomic E-state index is 0.0160. The lowest BCUT2D eigenvalue weighted by molar-refractivity contribution is 0.0946. The highest BCUT2D eigenvalue weighted by Gasteiger charge is 2.11. The number of hydrogen-bond donors (Lipinski definition) is 1. The van der Waals surface area contributed by atoms with Crippen molar-refractivity contribution >= 4 is 28.8 Å². The Balaban J connectivity index is 2.05. The molecule has 0 aliphatic carbocycles. The van der Waals surface area contributed by atoms with Crippen LogP contribution in [0.25, 0.3) is 0 Å². The molecule has 0 fully saturated rings. The SMILES string of the molecule is Cc1c(F)cc(CNC(=O)c2csc(Cl)n2)cc1F. The summed E-state index contributed by atoms with van der Waals surface area (Å²) in [5.41, 5.74) is 0.486. The molecule has 7 heteroatoms. The van der Waals surface area contributed by atoms with Gasteiger partial charge in [-0.15, -0.1) is 11.3 Å². The molecule has 0 aliphatic heterocycles. The van der Waals surface area contributed by atoms with E-state index in [-0.39, 0.29) is 22.3 Å². The van der Waals surface area contributed by atoms with E-state index >= 15 is 0 Å². The van der Waals surface area contributed by atoms with Crippen LogP contribution in [0.15, 0.2) is 17.5 Å². The Kier molecular flexibility index (Phi) is 4.11. The molecular formula is C12H9ClF2N2OS. The molecule has 1 aromatic carbocycles. The lowest BCUT2D eigenvalue weighted by atomic mass is 10.1. The average Bonchev–Trinajstić information content (AvgIpc) is 2.79. The van der Waals surface area contributed by atoms with Crippen LogP contribution in [-0.2, 0) is 6.54 Å². The second-order valence-electron chi connectivity index (χ2n) is 3.85. The standard InChI is InChI=1S/C12H9ClF2N2OS/c1-6-8(14)2-7(3-9(6)15)4-16-11(18)10-5-19-12(13)17-10/h2-3,5H,4H2,1H3,(H,16,18). The molecule has 0 radical (unpaired) electrons. The molecule has 3 nitrogen and oxygen atoms in total. The topological polar surface area (TPSA) is 42.0 Å². The molecule has 0 atom stereocenters. The minimum Gasteiger partial charge on any atom is -0.347 e. The third-order valence-electron chi connectivity index (χ3n) is 2.50. The lowest BCUT2D eigenvalue weighted by Gasteiger charge is -2.06. The van der Waals surface area contributed by atoms with Crippen molar-refractivity contribution in [2.24, 2.45) is 0 Å². The number of halogens is 3. The Morgan fingerprint density at radius 1 is 1.42 bits per heavy atom. The van der Waals surface area contributed by atoms with Crippen molar-refractivity contribution in [3.05, 3.63) is 50.4 Å². The monoisotopic (exact) mass is 302 g/mol. The van der Waals surface area contributed by atoms with Crippen molar-refractivity contribution < 1.29 is 13.6 Å². The van der Waals surface area contributed by atoms with E-state index in [2.05, 4.69) is 10.3 Å². The number of nitrogens with zero attached hydrogens (tertiary/aromatic N) is 1. The second kappa shape index (κ2) is 5.63. The molecule has 2 rings (SSSR count). The molecule has 2 aromatic rings. The zero-order valence-corrected chi connectivity index (χ0v) is 11.4. The largest absolute Gasteiger partial charge is 0.347 e. The number of nitrogens with one attached hydrogen (secondary N) is 1. The Bertz CT molecular complexity index is 607. The van der Waals surface area contributed by atoms with Gasteiger partial charge in [-0.25, -0.2) is 13.8 Å². The summed E-state index contributed by atoms with van der Waals surface area (Å²) in [6, 6.07) is 2.37. The molecule has 1 amide bonds. The fraction of sp³-hybridized carbons (Fsp3) is 0.167. The first kappa shape index (κ1) is 13.9. The maximum Gasteiger partial charge on any atom is 0.271 e. The predicted octanol–water partition coefficient (Wildman–Crippen LogP) is 3.31. The smallest absolute Gasteiger partial charge is 0.271 e. The summed E-state index contributed by atoms with van der Waals surface area (Å²) in [6.07, 6.45) is 0. The Morgan fingerprint density at radius 3 is 2.58 bits per heavy atom. The van der Waals surface area contributed by atoms with Gasteiger partial charge in [-0.1, -0.05) is 11.6 Å². The summed E-state index contributed by atoms with van der Waals surface area (Å²) in [6.45, 7) is 1.37. The van der Waals surface area contributed by atoms with Gasteiger partial charge in [-0.3, -0.25) is 4.79 Å². The third kappa shape index (κ3) is 3.27. The predicted molar refractivity (Wildman–Crippen MR) is 69.4 cm³/mol. The van der Waals surface area contributed by atoms with Gasteiger partial charge in [0.1, 0.15) is 17.3 Å². The maximum atomic E-state index is 13.3. The fourth-order valence-electron chi connectivity index (χ4n) is 1.43. The van der Waals surface area contributed by atoms with Crippen molar-refractivity contribution in [2.75, 3.05) is 0 Å². The first-order chi connectivity index (χ1) is 8.97. The molecule has 0 spiro atoms. The van der Waals surface area contributed by atoms with Gasteiger partial charge in [-0.05, 0) is 24.6 Å². The molecule has 100 valence electrons. The van der Waals surface area contributed by atoms with Gasteiger partial charge in [0.25, 0.3) is 5.91 Å². The van der Waals surface area contributed by atoms with E-state index in [9.17, 15) is 13.6 Å². The Labute approximate surface area is 117 Å². The van der Waals surface area contributed by atoms with Crippen LogP contribution in [0.4, 0.5) is 8.78 Å². The summed E-state index contributed by atoms with van der Waals surface area (Å²) in [7, 11) is 0. The number of rotatable bonds is 3. The summed E-state index contributed by atoms with van der Waals surface area (Å²) in [5.74, 6) is -1.72. The molecule has 19 heavy (non-hydrogen) atoms. The van der Waals surface area contributed by atoms with E-state index in [1.54, 1.807) is 0 Å². The number of hydrogen-bond acceptors (Lipinski definition) is 3. The molecule has 1 N–H and O–H groups in total. The van der Waals surface area contributed by atoms with E-state index in [0.29, 0.717) is 5.56 Å². The van der Waals surface area contributed by atoms with Crippen molar-refractivity contribution in [3.8, 4) is 0 Å². The molecule has 0 saturated carbocycles. The van der Waals surface area contributed by atoms with Gasteiger partial charge in [0.05, 0.1) is 0 Å². The third-order valence-corrected chi connectivity index (χ3v) is 3.48. The lowest BCUT2D eigenvalue weighted by Crippen LogP contribution is -2.23. The van der Waals surface area contributed by atoms with Crippen molar-refractivity contribution in [3.63, 3.8) is 0 Å². The summed E-state index contributed by atoms with van der Waals surface area (Å²) in [5, 5.41) is 4.02. The molecule has 0 unspecified atom stereocenters. The van der Waals surface area contributed by atoms with E-state index in [1.807, 2.05) is 0 Å². The quantitative estimate of drug-likeness (QED) is 0.945. The van der Waals surface area contributed by atoms with E-state index in [4.69, 9.17) is 11.6 Å². The number of aromatic nitrogens is 1. The highest BCUT2D eigenvalue weighted by molar-refractivity contribution is 7.14. The van der Waals surface area contributed by atoms with E-state index < -0.39 is 17.5 Å². The highest BCUT2D eigenvalue weighted by Crippen LogP contribution is 2.16. The van der Waals surface area contributed by atoms with Gasteiger partial charge in [0.2, 0.25) is 0 Å². The zero-order chi connectivity index (χ0) is 14.0. The van der Waals surface area contributed by atoms with E-state index in [1.165, 1.54) is 24.4 Å². The summed E-state index contributed by atoms with van der Waals surface area (Å²) < 4.78 is 26.9. The maximum absolute atomic E-state index is 13.3. The number of benzene rings is 1. The normalized spacial score (nSPS) is 10.5. The van der Waals surface area contributed by atoms with E-state index in [0.717, 1.165) is 11.3 Å². The molecule has 1 aromatic heterocycles. The van der Waals surface area contributed by atoms with Gasteiger partial charge in [0.15, 0.2) is 4.47 Å². The average molecular weight is 303 g/mol. The van der Waals surface area contributed by atoms with Crippen LogP contribution in [-0.4, -0.2) is 10.9 Å². The Hall–Kier alpha value is -1.53. The second-order valence-corrected chi connectivity index (χ2v) is 5.29. The van der Waals surface area contributed by atoms with Crippen molar-refractivity contribution in [2.45, 2.75) is 13.5 Å². The van der Waals surface area contributed by atoms with Gasteiger partial charge in [-0.2, -0.15) is 0 Å². The summed E-state index contributed by atoms with van der Waals surface area (Å²) in [4.78, 5) is 15.5. The number of carbonyl (C=O) groups excluding carboxylic acids is 1. The highest BCUT2D eigenvalue weighted by atomic mass is 35.5. The zero-order valence-electron chi connectivity index (χ0n) is 9.84. The molecule has 0 bridgehead atoms. The van der Waals surface area contributed by atoms with Crippen molar-refractivity contribution in [1.82, 2.24) is 10.3 Å². The van der Waals surface area contributed by atoms with Crippen LogP contribution in [0, 0.1) is 18.6 Å². The van der Waals surface area contributed by atoms with Crippen LogP contribution in [0.3, 0.4) is 0 Å².